The van der Waals surface area contributed by atoms with Gasteiger partial charge in [0.05, 0.1) is 24.3 Å². The topological polar surface area (TPSA) is 110 Å². The number of ketones is 1. The van der Waals surface area contributed by atoms with Crippen LogP contribution in [0.4, 0.5) is 0 Å². The van der Waals surface area contributed by atoms with Crippen LogP contribution in [0.15, 0.2) is 71.5 Å². The van der Waals surface area contributed by atoms with E-state index in [9.17, 15) is 10.1 Å². The first-order valence-electron chi connectivity index (χ1n) is 11.3. The zero-order valence-electron chi connectivity index (χ0n) is 20.7. The van der Waals surface area contributed by atoms with E-state index in [4.69, 9.17) is 4.74 Å². The number of nitriles is 1. The van der Waals surface area contributed by atoms with Gasteiger partial charge in [0.1, 0.15) is 11.8 Å². The van der Waals surface area contributed by atoms with Gasteiger partial charge in [-0.25, -0.2) is 14.2 Å². The Morgan fingerprint density at radius 2 is 1.97 bits per heavy atom. The third-order valence-electron chi connectivity index (χ3n) is 5.42. The molecule has 1 aromatic carbocycles. The summed E-state index contributed by atoms with van der Waals surface area (Å²) in [5, 5.41) is 18.0. The first-order chi connectivity index (χ1) is 17.3. The molecule has 0 unspecified atom stereocenters. The van der Waals surface area contributed by atoms with Crippen LogP contribution in [0.5, 0.6) is 5.75 Å². The van der Waals surface area contributed by atoms with Gasteiger partial charge in [-0.15, -0.1) is 0 Å². The summed E-state index contributed by atoms with van der Waals surface area (Å²) >= 11 is 0. The van der Waals surface area contributed by atoms with Gasteiger partial charge >= 0.3 is 0 Å². The maximum atomic E-state index is 12.3. The fraction of sp³-hybridized carbons (Fsp3) is 0.185. The predicted molar refractivity (Wildman–Crippen MR) is 137 cm³/mol. The molecule has 0 amide bonds. The van der Waals surface area contributed by atoms with Gasteiger partial charge in [-0.3, -0.25) is 9.79 Å². The lowest BCUT2D eigenvalue weighted by atomic mass is 10.0. The molecular weight excluding hydrogens is 454 g/mol. The Kier molecular flexibility index (Phi) is 6.88. The number of benzene rings is 1. The molecule has 0 aliphatic heterocycles. The molecule has 0 atom stereocenters. The Morgan fingerprint density at radius 3 is 2.67 bits per heavy atom. The molecule has 36 heavy (non-hydrogen) atoms. The van der Waals surface area contributed by atoms with E-state index < -0.39 is 0 Å². The lowest BCUT2D eigenvalue weighted by molar-refractivity contribution is 0.101. The molecule has 0 saturated heterocycles. The van der Waals surface area contributed by atoms with Gasteiger partial charge in [-0.2, -0.15) is 15.5 Å². The summed E-state index contributed by atoms with van der Waals surface area (Å²) in [6, 6.07) is 9.20. The van der Waals surface area contributed by atoms with Crippen LogP contribution in [0, 0.1) is 18.3 Å². The van der Waals surface area contributed by atoms with E-state index in [1.165, 1.54) is 6.92 Å². The number of hydrogen-bond acceptors (Lipinski definition) is 7. The highest BCUT2D eigenvalue weighted by molar-refractivity contribution is 5.98. The highest BCUT2D eigenvalue weighted by atomic mass is 16.5. The van der Waals surface area contributed by atoms with Crippen molar-refractivity contribution in [3.05, 3.63) is 83.4 Å². The summed E-state index contributed by atoms with van der Waals surface area (Å²) < 4.78 is 9.13. The highest BCUT2D eigenvalue weighted by Gasteiger charge is 2.17. The number of carbonyl (C=O) groups is 1. The average Bonchev–Trinajstić information content (AvgIpc) is 3.45. The van der Waals surface area contributed by atoms with Gasteiger partial charge in [0, 0.05) is 28.7 Å². The monoisotopic (exact) mass is 479 g/mol. The molecule has 0 fully saturated rings. The zero-order chi connectivity index (χ0) is 25.8. The Bertz CT molecular complexity index is 1600. The third kappa shape index (κ3) is 4.98. The summed E-state index contributed by atoms with van der Waals surface area (Å²) in [6.07, 6.45) is 10.6. The Hall–Kier alpha value is -4.84. The number of allylic oxidation sites excluding steroid dienone is 4. The van der Waals surface area contributed by atoms with Crippen molar-refractivity contribution < 1.29 is 9.53 Å². The molecule has 0 saturated carbocycles. The molecule has 4 aromatic rings. The number of rotatable bonds is 7. The normalized spacial score (nSPS) is 12.3. The molecular formula is C27H25N7O2. The van der Waals surface area contributed by atoms with Crippen molar-refractivity contribution in [3.8, 4) is 28.6 Å². The van der Waals surface area contributed by atoms with Crippen molar-refractivity contribution in [1.29, 1.82) is 5.26 Å². The van der Waals surface area contributed by atoms with E-state index in [2.05, 4.69) is 20.2 Å². The van der Waals surface area contributed by atoms with Crippen LogP contribution in [0.2, 0.25) is 0 Å². The molecule has 9 nitrogen and oxygen atoms in total. The van der Waals surface area contributed by atoms with Crippen molar-refractivity contribution in [1.82, 2.24) is 24.4 Å². The third-order valence-corrected chi connectivity index (χ3v) is 5.42. The molecule has 3 heterocycles. The molecule has 0 spiro atoms. The summed E-state index contributed by atoms with van der Waals surface area (Å²) in [5.74, 6) is 1.13. The van der Waals surface area contributed by atoms with Crippen LogP contribution < -0.4 is 4.74 Å². The second kappa shape index (κ2) is 10.2. The van der Waals surface area contributed by atoms with E-state index in [0.717, 1.165) is 22.5 Å². The van der Waals surface area contributed by atoms with Crippen molar-refractivity contribution in [3.63, 3.8) is 0 Å². The summed E-state index contributed by atoms with van der Waals surface area (Å²) in [4.78, 5) is 21.1. The number of fused-ring (bicyclic) bond motifs is 1. The van der Waals surface area contributed by atoms with Crippen LogP contribution in [0.1, 0.15) is 49.4 Å². The predicted octanol–water partition coefficient (Wildman–Crippen LogP) is 5.24. The minimum atomic E-state index is -0.0975. The highest BCUT2D eigenvalue weighted by Crippen LogP contribution is 2.29. The van der Waals surface area contributed by atoms with Crippen LogP contribution in [-0.2, 0) is 0 Å². The number of nitrogens with zero attached hydrogens (tertiary/aromatic N) is 7. The molecule has 0 aliphatic rings. The second-order valence-corrected chi connectivity index (χ2v) is 8.17. The first kappa shape index (κ1) is 24.3. The molecule has 0 aliphatic carbocycles. The standard InChI is InChI=1S/C27H25N7O2/c1-6-29-17(2)7-8-19(4)36-23-14-30-27-25(15-31-33(27)16-23)21-9-10-24(20(5)35)26(12-21)34-18(3)11-22(13-28)32-34/h6-12,14-16H,1-5H3/b17-7-,19-8+,29-6?. The van der Waals surface area contributed by atoms with Crippen molar-refractivity contribution in [2.24, 2.45) is 4.99 Å². The Balaban J connectivity index is 1.70. The molecule has 0 N–H and O–H groups in total. The smallest absolute Gasteiger partial charge is 0.163 e. The van der Waals surface area contributed by atoms with Crippen molar-refractivity contribution in [2.45, 2.75) is 34.6 Å². The van der Waals surface area contributed by atoms with E-state index >= 15 is 0 Å². The number of ether oxygens (including phenoxy) is 1. The lowest BCUT2D eigenvalue weighted by Gasteiger charge is -2.11. The zero-order valence-corrected chi connectivity index (χ0v) is 20.7. The maximum Gasteiger partial charge on any atom is 0.163 e. The van der Waals surface area contributed by atoms with Gasteiger partial charge in [0.15, 0.2) is 22.9 Å². The average molecular weight is 480 g/mol. The summed E-state index contributed by atoms with van der Waals surface area (Å²) in [5.41, 5.74) is 5.23. The fourth-order valence-corrected chi connectivity index (χ4v) is 3.76. The van der Waals surface area contributed by atoms with E-state index in [0.29, 0.717) is 28.4 Å². The van der Waals surface area contributed by atoms with E-state index in [1.807, 2.05) is 58.0 Å². The number of aliphatic imine (C=N–C) groups is 1. The Morgan fingerprint density at radius 1 is 1.17 bits per heavy atom. The van der Waals surface area contributed by atoms with Crippen LogP contribution >= 0.6 is 0 Å². The second-order valence-electron chi connectivity index (χ2n) is 8.17. The molecule has 9 heteroatoms. The molecule has 3 aromatic heterocycles. The van der Waals surface area contributed by atoms with Crippen LogP contribution in [0.3, 0.4) is 0 Å². The minimum absolute atomic E-state index is 0.0975. The minimum Gasteiger partial charge on any atom is -0.459 e. The first-order valence-corrected chi connectivity index (χ1v) is 11.3. The van der Waals surface area contributed by atoms with Crippen LogP contribution in [-0.4, -0.2) is 36.4 Å². The number of Topliss-reactive ketones (excluding diaryl/α,β-unsaturated/α-hetero) is 1. The van der Waals surface area contributed by atoms with Gasteiger partial charge in [0.25, 0.3) is 0 Å². The van der Waals surface area contributed by atoms with Gasteiger partial charge in [-0.05, 0) is 70.5 Å². The van der Waals surface area contributed by atoms with E-state index in [-0.39, 0.29) is 11.5 Å². The number of hydrogen-bond donors (Lipinski definition) is 0. The number of carbonyl (C=O) groups excluding carboxylic acids is 1. The van der Waals surface area contributed by atoms with E-state index in [1.54, 1.807) is 46.1 Å². The Labute approximate surface area is 208 Å². The van der Waals surface area contributed by atoms with Crippen molar-refractivity contribution >= 4 is 17.6 Å². The van der Waals surface area contributed by atoms with Gasteiger partial charge in [-0.1, -0.05) is 6.07 Å². The molecule has 0 radical (unpaired) electrons. The van der Waals surface area contributed by atoms with Gasteiger partial charge < -0.3 is 4.74 Å². The fourth-order valence-electron chi connectivity index (χ4n) is 3.76. The maximum absolute atomic E-state index is 12.3. The largest absolute Gasteiger partial charge is 0.459 e. The SMILES string of the molecule is CC=N/C(C)=C\C=C(/C)Oc1cnc2c(-c3ccc(C(C)=O)c(-n4nc(C#N)cc4C)c3)cnn2c1. The van der Waals surface area contributed by atoms with Crippen molar-refractivity contribution in [2.75, 3.05) is 0 Å². The van der Waals surface area contributed by atoms with Crippen LogP contribution in [0.25, 0.3) is 22.5 Å². The quantitative estimate of drug-likeness (QED) is 0.155. The summed E-state index contributed by atoms with van der Waals surface area (Å²) in [6.45, 7) is 8.97. The van der Waals surface area contributed by atoms with Gasteiger partial charge in [0.2, 0.25) is 0 Å². The number of aromatic nitrogens is 5. The summed E-state index contributed by atoms with van der Waals surface area (Å²) in [7, 11) is 0. The lowest BCUT2D eigenvalue weighted by Crippen LogP contribution is -2.07. The number of aryl methyl sites for hydroxylation is 1. The molecule has 0 bridgehead atoms. The molecule has 4 rings (SSSR count). The molecule has 180 valence electrons.